The van der Waals surface area contributed by atoms with Gasteiger partial charge in [0.1, 0.15) is 5.75 Å². The van der Waals surface area contributed by atoms with Gasteiger partial charge in [-0.1, -0.05) is 36.4 Å². The number of nitrogens with zero attached hydrogens (tertiary/aromatic N) is 1. The summed E-state index contributed by atoms with van der Waals surface area (Å²) >= 11 is 1.56. The summed E-state index contributed by atoms with van der Waals surface area (Å²) in [5.74, 6) is 0.497. The van der Waals surface area contributed by atoms with Gasteiger partial charge in [0, 0.05) is 17.1 Å². The van der Waals surface area contributed by atoms with Gasteiger partial charge in [-0.15, -0.1) is 11.3 Å². The lowest BCUT2D eigenvalue weighted by atomic mass is 10.1. The number of nitrogens with one attached hydrogen (secondary N) is 1. The Morgan fingerprint density at radius 1 is 1.14 bits per heavy atom. The summed E-state index contributed by atoms with van der Waals surface area (Å²) in [5, 5.41) is 4.88. The highest BCUT2D eigenvalue weighted by molar-refractivity contribution is 7.10. The van der Waals surface area contributed by atoms with E-state index in [0.29, 0.717) is 30.1 Å². The van der Waals surface area contributed by atoms with Crippen molar-refractivity contribution in [1.29, 1.82) is 0 Å². The van der Waals surface area contributed by atoms with E-state index in [-0.39, 0.29) is 11.8 Å². The van der Waals surface area contributed by atoms with Gasteiger partial charge in [0.2, 0.25) is 5.91 Å². The molecule has 1 aliphatic heterocycles. The van der Waals surface area contributed by atoms with Crippen LogP contribution < -0.4 is 15.0 Å². The summed E-state index contributed by atoms with van der Waals surface area (Å²) in [6, 6.07) is 19.4. The van der Waals surface area contributed by atoms with Crippen LogP contribution in [-0.4, -0.2) is 24.5 Å². The van der Waals surface area contributed by atoms with Gasteiger partial charge in [0.25, 0.3) is 5.91 Å². The molecule has 0 saturated heterocycles. The van der Waals surface area contributed by atoms with E-state index < -0.39 is 6.10 Å². The van der Waals surface area contributed by atoms with Gasteiger partial charge in [-0.2, -0.15) is 0 Å². The van der Waals surface area contributed by atoms with Crippen LogP contribution in [0.4, 0.5) is 11.4 Å². The number of rotatable bonds is 6. The van der Waals surface area contributed by atoms with Crippen LogP contribution in [0.25, 0.3) is 0 Å². The minimum absolute atomic E-state index is 0.0736. The summed E-state index contributed by atoms with van der Waals surface area (Å²) in [7, 11) is 0. The highest BCUT2D eigenvalue weighted by atomic mass is 32.1. The van der Waals surface area contributed by atoms with Gasteiger partial charge in [0.15, 0.2) is 6.10 Å². The maximum atomic E-state index is 12.8. The second-order valence-corrected chi connectivity index (χ2v) is 8.00. The van der Waals surface area contributed by atoms with Crippen molar-refractivity contribution in [2.24, 2.45) is 0 Å². The molecule has 0 fully saturated rings. The molecule has 0 saturated carbocycles. The molecule has 1 aromatic heterocycles. The number of thiophene rings is 1. The zero-order valence-corrected chi connectivity index (χ0v) is 16.9. The third kappa shape index (κ3) is 4.49. The van der Waals surface area contributed by atoms with E-state index in [1.54, 1.807) is 23.2 Å². The first-order chi connectivity index (χ1) is 14.1. The molecule has 5 nitrogen and oxygen atoms in total. The number of hydrogen-bond donors (Lipinski definition) is 1. The van der Waals surface area contributed by atoms with Crippen molar-refractivity contribution >= 4 is 34.5 Å². The number of ether oxygens (including phenoxy) is 1. The predicted octanol–water partition coefficient (Wildman–Crippen LogP) is 4.29. The molecule has 29 heavy (non-hydrogen) atoms. The van der Waals surface area contributed by atoms with Gasteiger partial charge in [-0.3, -0.25) is 9.59 Å². The number of amides is 2. The molecule has 2 aromatic carbocycles. The highest BCUT2D eigenvalue weighted by Gasteiger charge is 2.31. The monoisotopic (exact) mass is 406 g/mol. The molecule has 4 rings (SSSR count). The van der Waals surface area contributed by atoms with Crippen LogP contribution in [0.2, 0.25) is 0 Å². The summed E-state index contributed by atoms with van der Waals surface area (Å²) < 4.78 is 5.77. The van der Waals surface area contributed by atoms with E-state index in [1.807, 2.05) is 53.9 Å². The molecule has 1 aliphatic rings. The topological polar surface area (TPSA) is 58.6 Å². The van der Waals surface area contributed by atoms with Gasteiger partial charge in [-0.05, 0) is 48.6 Å². The molecule has 6 heteroatoms. The van der Waals surface area contributed by atoms with Gasteiger partial charge in [-0.25, -0.2) is 0 Å². The fraction of sp³-hybridized carbons (Fsp3) is 0.217. The second-order valence-electron chi connectivity index (χ2n) is 6.97. The van der Waals surface area contributed by atoms with E-state index in [2.05, 4.69) is 17.4 Å². The van der Waals surface area contributed by atoms with E-state index in [0.717, 1.165) is 11.3 Å². The first-order valence-corrected chi connectivity index (χ1v) is 10.5. The molecule has 3 aromatic rings. The first-order valence-electron chi connectivity index (χ1n) is 9.58. The lowest BCUT2D eigenvalue weighted by Gasteiger charge is -2.33. The Bertz CT molecular complexity index is 1000. The van der Waals surface area contributed by atoms with Crippen molar-refractivity contribution in [3.63, 3.8) is 0 Å². The lowest BCUT2D eigenvalue weighted by molar-refractivity contribution is -0.125. The quantitative estimate of drug-likeness (QED) is 0.665. The number of fused-ring (bicyclic) bond motifs is 1. The normalized spacial score (nSPS) is 15.6. The average molecular weight is 407 g/mol. The Labute approximate surface area is 173 Å². The van der Waals surface area contributed by atoms with Crippen molar-refractivity contribution in [2.45, 2.75) is 25.9 Å². The second kappa shape index (κ2) is 8.49. The first kappa shape index (κ1) is 19.2. The van der Waals surface area contributed by atoms with Gasteiger partial charge >= 0.3 is 0 Å². The summed E-state index contributed by atoms with van der Waals surface area (Å²) in [6.07, 6.45) is 0.546. The van der Waals surface area contributed by atoms with E-state index >= 15 is 0 Å². The Morgan fingerprint density at radius 3 is 2.72 bits per heavy atom. The smallest absolute Gasteiger partial charge is 0.267 e. The maximum absolute atomic E-state index is 12.8. The largest absolute Gasteiger partial charge is 0.479 e. The van der Waals surface area contributed by atoms with Crippen LogP contribution in [0.5, 0.6) is 5.75 Å². The molecule has 2 amide bonds. The Hall–Kier alpha value is -3.12. The molecule has 0 spiro atoms. The highest BCUT2D eigenvalue weighted by Crippen LogP contribution is 2.36. The average Bonchev–Trinajstić information content (AvgIpc) is 3.22. The van der Waals surface area contributed by atoms with E-state index in [1.165, 1.54) is 5.56 Å². The van der Waals surface area contributed by atoms with Gasteiger partial charge in [0.05, 0.1) is 12.1 Å². The lowest BCUT2D eigenvalue weighted by Crippen LogP contribution is -2.45. The molecule has 148 valence electrons. The maximum Gasteiger partial charge on any atom is 0.267 e. The van der Waals surface area contributed by atoms with Crippen LogP contribution in [0, 0.1) is 0 Å². The van der Waals surface area contributed by atoms with Gasteiger partial charge < -0.3 is 15.0 Å². The Balaban J connectivity index is 1.52. The number of anilines is 2. The SMILES string of the molecule is CC1Oc2ccc(NC(=O)Cc3cccs3)cc2N(CCc2ccccc2)C1=O. The zero-order valence-electron chi connectivity index (χ0n) is 16.1. The molecule has 1 atom stereocenters. The zero-order chi connectivity index (χ0) is 20.2. The summed E-state index contributed by atoms with van der Waals surface area (Å²) in [6.45, 7) is 2.31. The van der Waals surface area contributed by atoms with Crippen molar-refractivity contribution in [3.8, 4) is 5.75 Å². The molecular weight excluding hydrogens is 384 g/mol. The Morgan fingerprint density at radius 2 is 1.97 bits per heavy atom. The molecule has 2 heterocycles. The molecule has 0 radical (unpaired) electrons. The minimum Gasteiger partial charge on any atom is -0.479 e. The number of carbonyl (C=O) groups excluding carboxylic acids is 2. The van der Waals surface area contributed by atoms with Crippen LogP contribution in [0.1, 0.15) is 17.4 Å². The van der Waals surface area contributed by atoms with Crippen LogP contribution in [0.3, 0.4) is 0 Å². The third-order valence-corrected chi connectivity index (χ3v) is 5.71. The number of benzene rings is 2. The van der Waals surface area contributed by atoms with Crippen LogP contribution in [-0.2, 0) is 22.4 Å². The molecular formula is C23H22N2O3S. The standard InChI is InChI=1S/C23H22N2O3S/c1-16-23(27)25(12-11-17-6-3-2-4-7-17)20-14-18(9-10-21(20)28-16)24-22(26)15-19-8-5-13-29-19/h2-10,13-14,16H,11-12,15H2,1H3,(H,24,26). The molecule has 1 N–H and O–H groups in total. The molecule has 1 unspecified atom stereocenters. The summed E-state index contributed by atoms with van der Waals surface area (Å²) in [4.78, 5) is 27.9. The fourth-order valence-electron chi connectivity index (χ4n) is 3.38. The van der Waals surface area contributed by atoms with Crippen LogP contribution in [0.15, 0.2) is 66.0 Å². The number of carbonyl (C=O) groups is 2. The molecule has 0 aliphatic carbocycles. The number of hydrogen-bond acceptors (Lipinski definition) is 4. The van der Waals surface area contributed by atoms with Crippen molar-refractivity contribution < 1.29 is 14.3 Å². The van der Waals surface area contributed by atoms with Crippen molar-refractivity contribution in [3.05, 3.63) is 76.5 Å². The predicted molar refractivity (Wildman–Crippen MR) is 116 cm³/mol. The van der Waals surface area contributed by atoms with Crippen molar-refractivity contribution in [2.75, 3.05) is 16.8 Å². The van der Waals surface area contributed by atoms with E-state index in [9.17, 15) is 9.59 Å². The minimum atomic E-state index is -0.530. The summed E-state index contributed by atoms with van der Waals surface area (Å²) in [5.41, 5.74) is 2.51. The van der Waals surface area contributed by atoms with Crippen molar-refractivity contribution in [1.82, 2.24) is 0 Å². The Kier molecular flexibility index (Phi) is 5.62. The third-order valence-electron chi connectivity index (χ3n) is 4.83. The fourth-order valence-corrected chi connectivity index (χ4v) is 4.08. The molecule has 0 bridgehead atoms. The van der Waals surface area contributed by atoms with E-state index in [4.69, 9.17) is 4.74 Å². The van der Waals surface area contributed by atoms with Crippen LogP contribution >= 0.6 is 11.3 Å².